The van der Waals surface area contributed by atoms with Crippen LogP contribution in [-0.2, 0) is 4.79 Å². The first-order valence-corrected chi connectivity index (χ1v) is 9.20. The van der Waals surface area contributed by atoms with Gasteiger partial charge >= 0.3 is 0 Å². The molecule has 1 saturated carbocycles. The predicted octanol–water partition coefficient (Wildman–Crippen LogP) is 4.47. The van der Waals surface area contributed by atoms with Gasteiger partial charge in [0.25, 0.3) is 0 Å². The van der Waals surface area contributed by atoms with Crippen LogP contribution in [0, 0.1) is 25.2 Å². The Morgan fingerprint density at radius 3 is 2.52 bits per heavy atom. The van der Waals surface area contributed by atoms with E-state index in [0.29, 0.717) is 0 Å². The van der Waals surface area contributed by atoms with Gasteiger partial charge in [-0.3, -0.25) is 4.79 Å². The average molecular weight is 330 g/mol. The van der Waals surface area contributed by atoms with Gasteiger partial charge in [-0.25, -0.2) is 0 Å². The van der Waals surface area contributed by atoms with Gasteiger partial charge < -0.3 is 4.90 Å². The van der Waals surface area contributed by atoms with Gasteiger partial charge in [0.2, 0.25) is 5.91 Å². The molecule has 124 valence electrons. The van der Waals surface area contributed by atoms with Crippen LogP contribution in [0.4, 0.5) is 0 Å². The Morgan fingerprint density at radius 2 is 1.96 bits per heavy atom. The van der Waals surface area contributed by atoms with E-state index in [1.54, 1.807) is 23.7 Å². The van der Waals surface area contributed by atoms with Crippen molar-refractivity contribution in [1.82, 2.24) is 4.90 Å². The van der Waals surface area contributed by atoms with Crippen LogP contribution >= 0.6 is 11.8 Å². The number of amides is 1. The van der Waals surface area contributed by atoms with Crippen LogP contribution in [0.1, 0.15) is 50.2 Å². The number of nitriles is 1. The van der Waals surface area contributed by atoms with E-state index in [4.69, 9.17) is 0 Å². The molecule has 0 heterocycles. The minimum Gasteiger partial charge on any atom is -0.326 e. The summed E-state index contributed by atoms with van der Waals surface area (Å²) in [6, 6.07) is 8.73. The van der Waals surface area contributed by atoms with Gasteiger partial charge in [-0.15, -0.1) is 11.8 Å². The van der Waals surface area contributed by atoms with Crippen LogP contribution in [0.3, 0.4) is 0 Å². The van der Waals surface area contributed by atoms with Gasteiger partial charge in [-0.2, -0.15) is 5.26 Å². The Balaban J connectivity index is 2.10. The lowest BCUT2D eigenvalue weighted by molar-refractivity contribution is -0.133. The zero-order chi connectivity index (χ0) is 17.0. The number of carbonyl (C=O) groups excluding carboxylic acids is 1. The summed E-state index contributed by atoms with van der Waals surface area (Å²) in [6.45, 7) is 6.09. The molecule has 0 aliphatic heterocycles. The maximum Gasteiger partial charge on any atom is 0.236 e. The molecule has 1 amide bonds. The summed E-state index contributed by atoms with van der Waals surface area (Å²) in [7, 11) is 1.80. The van der Waals surface area contributed by atoms with E-state index in [-0.39, 0.29) is 11.2 Å². The molecule has 3 nitrogen and oxygen atoms in total. The zero-order valence-electron chi connectivity index (χ0n) is 14.6. The average Bonchev–Trinajstić information content (AvgIpc) is 2.56. The molecule has 1 aromatic carbocycles. The lowest BCUT2D eigenvalue weighted by Crippen LogP contribution is -2.52. The molecule has 1 aliphatic rings. The van der Waals surface area contributed by atoms with Crippen molar-refractivity contribution in [2.45, 2.75) is 68.6 Å². The van der Waals surface area contributed by atoms with Crippen LogP contribution in [0.5, 0.6) is 0 Å². The van der Waals surface area contributed by atoms with Crippen LogP contribution in [0.2, 0.25) is 0 Å². The van der Waals surface area contributed by atoms with Crippen LogP contribution in [-0.4, -0.2) is 28.6 Å². The molecule has 0 aromatic heterocycles. The molecule has 2 rings (SSSR count). The highest BCUT2D eigenvalue weighted by atomic mass is 32.2. The van der Waals surface area contributed by atoms with Crippen molar-refractivity contribution in [2.24, 2.45) is 0 Å². The predicted molar refractivity (Wildman–Crippen MR) is 95.4 cm³/mol. The third kappa shape index (κ3) is 3.90. The minimum absolute atomic E-state index is 0.0541. The van der Waals surface area contributed by atoms with Gasteiger partial charge in [0.05, 0.1) is 11.3 Å². The highest BCUT2D eigenvalue weighted by molar-refractivity contribution is 8.00. The summed E-state index contributed by atoms with van der Waals surface area (Å²) >= 11 is 1.59. The van der Waals surface area contributed by atoms with Gasteiger partial charge in [-0.05, 0) is 45.2 Å². The van der Waals surface area contributed by atoms with Crippen molar-refractivity contribution in [2.75, 3.05) is 7.05 Å². The summed E-state index contributed by atoms with van der Waals surface area (Å²) in [4.78, 5) is 15.7. The molecule has 0 bridgehead atoms. The van der Waals surface area contributed by atoms with Gasteiger partial charge in [0.15, 0.2) is 0 Å². The van der Waals surface area contributed by atoms with Gasteiger partial charge in [0, 0.05) is 11.9 Å². The lowest BCUT2D eigenvalue weighted by atomic mass is 9.81. The van der Waals surface area contributed by atoms with E-state index in [9.17, 15) is 10.1 Å². The first kappa shape index (κ1) is 17.9. The van der Waals surface area contributed by atoms with E-state index in [2.05, 4.69) is 38.1 Å². The normalized spacial score (nSPS) is 18.0. The number of rotatable bonds is 4. The van der Waals surface area contributed by atoms with Crippen LogP contribution < -0.4 is 0 Å². The molecule has 0 saturated heterocycles. The number of carbonyl (C=O) groups is 1. The Kier molecular flexibility index (Phi) is 5.75. The fourth-order valence-corrected chi connectivity index (χ4v) is 4.35. The van der Waals surface area contributed by atoms with Crippen molar-refractivity contribution >= 4 is 17.7 Å². The SMILES string of the molecule is Cc1ccc(S[C@@H](C)C(=O)N(C)C2(C#N)CCCCC2)c(C)c1. The minimum atomic E-state index is -0.605. The second-order valence-corrected chi connectivity index (χ2v) is 8.01. The van der Waals surface area contributed by atoms with Crippen molar-refractivity contribution < 1.29 is 4.79 Å². The largest absolute Gasteiger partial charge is 0.326 e. The summed E-state index contributed by atoms with van der Waals surface area (Å²) < 4.78 is 0. The van der Waals surface area contributed by atoms with Gasteiger partial charge in [0.1, 0.15) is 5.54 Å². The molecule has 1 aliphatic carbocycles. The Hall–Kier alpha value is -1.47. The molecule has 23 heavy (non-hydrogen) atoms. The fraction of sp³-hybridized carbons (Fsp3) is 0.579. The van der Waals surface area contributed by atoms with Crippen molar-refractivity contribution in [1.29, 1.82) is 5.26 Å². The number of hydrogen-bond donors (Lipinski definition) is 0. The van der Waals surface area contributed by atoms with Gasteiger partial charge in [-0.1, -0.05) is 37.0 Å². The molecular formula is C19H26N2OS. The van der Waals surface area contributed by atoms with Crippen LogP contribution in [0.25, 0.3) is 0 Å². The molecule has 0 N–H and O–H groups in total. The van der Waals surface area contributed by atoms with Crippen LogP contribution in [0.15, 0.2) is 23.1 Å². The van der Waals surface area contributed by atoms with Crippen molar-refractivity contribution in [3.05, 3.63) is 29.3 Å². The molecule has 1 atom stereocenters. The topological polar surface area (TPSA) is 44.1 Å². The maximum absolute atomic E-state index is 12.8. The zero-order valence-corrected chi connectivity index (χ0v) is 15.4. The Labute approximate surface area is 144 Å². The number of benzene rings is 1. The highest BCUT2D eigenvalue weighted by Crippen LogP contribution is 2.35. The molecule has 0 unspecified atom stereocenters. The number of nitrogens with zero attached hydrogens (tertiary/aromatic N) is 2. The number of thioether (sulfide) groups is 1. The van der Waals surface area contributed by atoms with E-state index in [1.807, 2.05) is 6.92 Å². The first-order chi connectivity index (χ1) is 10.9. The number of hydrogen-bond acceptors (Lipinski definition) is 3. The van der Waals surface area contributed by atoms with E-state index in [1.165, 1.54) is 17.5 Å². The summed E-state index contributed by atoms with van der Waals surface area (Å²) in [5, 5.41) is 9.47. The summed E-state index contributed by atoms with van der Waals surface area (Å²) in [6.07, 6.45) is 4.82. The summed E-state index contributed by atoms with van der Waals surface area (Å²) in [5.41, 5.74) is 1.82. The quantitative estimate of drug-likeness (QED) is 0.765. The van der Waals surface area contributed by atoms with E-state index >= 15 is 0 Å². The lowest BCUT2D eigenvalue weighted by Gasteiger charge is -2.40. The maximum atomic E-state index is 12.8. The molecule has 1 aromatic rings. The fourth-order valence-electron chi connectivity index (χ4n) is 3.31. The third-order valence-electron chi connectivity index (χ3n) is 4.84. The standard InChI is InChI=1S/C19H26N2OS/c1-14-8-9-17(15(2)12-14)23-16(3)18(22)21(4)19(13-20)10-6-5-7-11-19/h8-9,12,16H,5-7,10-11H2,1-4H3/t16-/m0/s1. The second-order valence-electron chi connectivity index (χ2n) is 6.63. The highest BCUT2D eigenvalue weighted by Gasteiger charge is 2.40. The van der Waals surface area contributed by atoms with Crippen molar-refractivity contribution in [3.63, 3.8) is 0 Å². The molecule has 4 heteroatoms. The number of aryl methyl sites for hydroxylation is 2. The monoisotopic (exact) mass is 330 g/mol. The molecular weight excluding hydrogens is 304 g/mol. The summed E-state index contributed by atoms with van der Waals surface area (Å²) in [5.74, 6) is 0.0541. The third-order valence-corrected chi connectivity index (χ3v) is 6.11. The van der Waals surface area contributed by atoms with E-state index < -0.39 is 5.54 Å². The first-order valence-electron chi connectivity index (χ1n) is 8.32. The van der Waals surface area contributed by atoms with Crippen molar-refractivity contribution in [3.8, 4) is 6.07 Å². The smallest absolute Gasteiger partial charge is 0.236 e. The Morgan fingerprint density at radius 1 is 1.30 bits per heavy atom. The Bertz CT molecular complexity index is 614. The second kappa shape index (κ2) is 7.40. The molecule has 0 radical (unpaired) electrons. The molecule has 0 spiro atoms. The van der Waals surface area contributed by atoms with E-state index in [0.717, 1.165) is 30.6 Å². The molecule has 1 fully saturated rings.